The smallest absolute Gasteiger partial charge is 0.354 e. The van der Waals surface area contributed by atoms with Crippen molar-refractivity contribution in [2.75, 3.05) is 0 Å². The van der Waals surface area contributed by atoms with Crippen LogP contribution in [0.25, 0.3) is 11.3 Å². The van der Waals surface area contributed by atoms with Crippen molar-refractivity contribution in [1.82, 2.24) is 9.78 Å². The Morgan fingerprint density at radius 3 is 2.61 bits per heavy atom. The van der Waals surface area contributed by atoms with Crippen LogP contribution in [0.2, 0.25) is 0 Å². The molecular formula is C14H14N2O2. The Bertz CT molecular complexity index is 585. The third-order valence-electron chi connectivity index (χ3n) is 2.49. The Morgan fingerprint density at radius 1 is 1.39 bits per heavy atom. The molecule has 18 heavy (non-hydrogen) atoms. The first-order chi connectivity index (χ1) is 8.58. The zero-order valence-electron chi connectivity index (χ0n) is 10.1. The minimum Gasteiger partial charge on any atom is -0.477 e. The lowest BCUT2D eigenvalue weighted by Crippen LogP contribution is -2.10. The van der Waals surface area contributed by atoms with Gasteiger partial charge in [0.2, 0.25) is 0 Å². The number of allylic oxidation sites excluding steroid dienone is 1. The Morgan fingerprint density at radius 2 is 2.06 bits per heavy atom. The molecule has 0 aliphatic carbocycles. The third-order valence-corrected chi connectivity index (χ3v) is 2.49. The van der Waals surface area contributed by atoms with Gasteiger partial charge in [-0.05, 0) is 13.0 Å². The predicted octanol–water partition coefficient (Wildman–Crippen LogP) is 2.82. The normalized spacial score (nSPS) is 10.3. The number of hydrogen-bond acceptors (Lipinski definition) is 2. The minimum absolute atomic E-state index is 0.178. The van der Waals surface area contributed by atoms with Gasteiger partial charge in [0.1, 0.15) is 5.69 Å². The van der Waals surface area contributed by atoms with Crippen LogP contribution < -0.4 is 0 Å². The zero-order chi connectivity index (χ0) is 13.1. The van der Waals surface area contributed by atoms with Gasteiger partial charge in [0.15, 0.2) is 0 Å². The lowest BCUT2D eigenvalue weighted by Gasteiger charge is -2.02. The molecule has 2 rings (SSSR count). The summed E-state index contributed by atoms with van der Waals surface area (Å²) in [5, 5.41) is 13.5. The summed E-state index contributed by atoms with van der Waals surface area (Å²) in [5.74, 6) is -0.981. The van der Waals surface area contributed by atoms with Crippen molar-refractivity contribution in [1.29, 1.82) is 0 Å². The fourth-order valence-corrected chi connectivity index (χ4v) is 1.72. The van der Waals surface area contributed by atoms with Crippen molar-refractivity contribution in [3.63, 3.8) is 0 Å². The fourth-order valence-electron chi connectivity index (χ4n) is 1.72. The van der Waals surface area contributed by atoms with E-state index >= 15 is 0 Å². The highest BCUT2D eigenvalue weighted by atomic mass is 16.4. The molecule has 0 amide bonds. The summed E-state index contributed by atoms with van der Waals surface area (Å²) in [7, 11) is 0. The van der Waals surface area contributed by atoms with E-state index in [0.717, 1.165) is 11.1 Å². The molecule has 0 bridgehead atoms. The molecule has 4 nitrogen and oxygen atoms in total. The Hall–Kier alpha value is -2.36. The molecular weight excluding hydrogens is 228 g/mol. The molecule has 0 aliphatic heterocycles. The van der Waals surface area contributed by atoms with Crippen molar-refractivity contribution in [3.05, 3.63) is 54.2 Å². The van der Waals surface area contributed by atoms with E-state index in [1.807, 2.05) is 37.3 Å². The molecule has 2 aromatic rings. The van der Waals surface area contributed by atoms with E-state index < -0.39 is 5.97 Å². The van der Waals surface area contributed by atoms with E-state index in [1.54, 1.807) is 6.07 Å². The first kappa shape index (κ1) is 12.1. The van der Waals surface area contributed by atoms with Crippen molar-refractivity contribution in [2.45, 2.75) is 13.5 Å². The van der Waals surface area contributed by atoms with E-state index in [9.17, 15) is 4.79 Å². The SMILES string of the molecule is C=C(C)Cn1nc(-c2ccccc2)cc1C(=O)O. The van der Waals surface area contributed by atoms with Crippen LogP contribution in [0.4, 0.5) is 0 Å². The highest BCUT2D eigenvalue weighted by Gasteiger charge is 2.14. The summed E-state index contributed by atoms with van der Waals surface area (Å²) in [6, 6.07) is 11.1. The topological polar surface area (TPSA) is 55.1 Å². The Kier molecular flexibility index (Phi) is 3.28. The average Bonchev–Trinajstić information content (AvgIpc) is 2.73. The number of aromatic nitrogens is 2. The molecule has 1 N–H and O–H groups in total. The molecule has 0 atom stereocenters. The maximum atomic E-state index is 11.2. The number of carboxylic acids is 1. The summed E-state index contributed by atoms with van der Waals surface area (Å²) in [4.78, 5) is 11.2. The van der Waals surface area contributed by atoms with Crippen LogP contribution in [0.5, 0.6) is 0 Å². The van der Waals surface area contributed by atoms with Gasteiger partial charge in [-0.25, -0.2) is 4.79 Å². The van der Waals surface area contributed by atoms with Crippen LogP contribution in [-0.4, -0.2) is 20.9 Å². The summed E-state index contributed by atoms with van der Waals surface area (Å²) in [6.07, 6.45) is 0. The minimum atomic E-state index is -0.981. The number of carboxylic acid groups (broad SMARTS) is 1. The van der Waals surface area contributed by atoms with Crippen molar-refractivity contribution in [3.8, 4) is 11.3 Å². The number of hydrogen-bond donors (Lipinski definition) is 1. The predicted molar refractivity (Wildman–Crippen MR) is 69.4 cm³/mol. The standard InChI is InChI=1S/C14H14N2O2/c1-10(2)9-16-13(14(17)18)8-12(15-16)11-6-4-3-5-7-11/h3-8H,1,9H2,2H3,(H,17,18). The lowest BCUT2D eigenvalue weighted by molar-refractivity contribution is 0.0684. The molecule has 0 saturated heterocycles. The quantitative estimate of drug-likeness (QED) is 0.839. The number of benzene rings is 1. The van der Waals surface area contributed by atoms with Gasteiger partial charge >= 0.3 is 5.97 Å². The van der Waals surface area contributed by atoms with Gasteiger partial charge in [-0.1, -0.05) is 42.5 Å². The average molecular weight is 242 g/mol. The van der Waals surface area contributed by atoms with Gasteiger partial charge in [0.05, 0.1) is 12.2 Å². The van der Waals surface area contributed by atoms with E-state index in [2.05, 4.69) is 11.7 Å². The molecule has 0 radical (unpaired) electrons. The molecule has 92 valence electrons. The molecule has 0 fully saturated rings. The molecule has 0 saturated carbocycles. The van der Waals surface area contributed by atoms with Crippen LogP contribution in [0, 0.1) is 0 Å². The van der Waals surface area contributed by atoms with Gasteiger partial charge in [-0.2, -0.15) is 5.10 Å². The number of nitrogens with zero attached hydrogens (tertiary/aromatic N) is 2. The zero-order valence-corrected chi connectivity index (χ0v) is 10.1. The van der Waals surface area contributed by atoms with Crippen LogP contribution in [0.3, 0.4) is 0 Å². The Labute approximate surface area is 105 Å². The lowest BCUT2D eigenvalue weighted by atomic mass is 10.1. The van der Waals surface area contributed by atoms with E-state index in [1.165, 1.54) is 4.68 Å². The Balaban J connectivity index is 2.45. The molecule has 0 spiro atoms. The number of rotatable bonds is 4. The van der Waals surface area contributed by atoms with Gasteiger partial charge in [0.25, 0.3) is 0 Å². The van der Waals surface area contributed by atoms with Crippen molar-refractivity contribution < 1.29 is 9.90 Å². The maximum absolute atomic E-state index is 11.2. The fraction of sp³-hybridized carbons (Fsp3) is 0.143. The van der Waals surface area contributed by atoms with Crippen LogP contribution in [-0.2, 0) is 6.54 Å². The molecule has 1 aromatic heterocycles. The van der Waals surface area contributed by atoms with Crippen molar-refractivity contribution in [2.24, 2.45) is 0 Å². The summed E-state index contributed by atoms with van der Waals surface area (Å²) < 4.78 is 1.47. The second kappa shape index (κ2) is 4.87. The van der Waals surface area contributed by atoms with Gasteiger partial charge in [-0.15, -0.1) is 0 Å². The summed E-state index contributed by atoms with van der Waals surface area (Å²) >= 11 is 0. The molecule has 1 heterocycles. The maximum Gasteiger partial charge on any atom is 0.354 e. The molecule has 0 unspecified atom stereocenters. The van der Waals surface area contributed by atoms with Gasteiger partial charge in [0, 0.05) is 5.56 Å². The van der Waals surface area contributed by atoms with Gasteiger partial charge < -0.3 is 5.11 Å². The second-order valence-electron chi connectivity index (χ2n) is 4.20. The summed E-state index contributed by atoms with van der Waals surface area (Å²) in [5.41, 5.74) is 2.60. The first-order valence-corrected chi connectivity index (χ1v) is 5.59. The largest absolute Gasteiger partial charge is 0.477 e. The monoisotopic (exact) mass is 242 g/mol. The van der Waals surface area contributed by atoms with Crippen LogP contribution >= 0.6 is 0 Å². The number of carbonyl (C=O) groups is 1. The highest BCUT2D eigenvalue weighted by Crippen LogP contribution is 2.19. The molecule has 0 aliphatic rings. The van der Waals surface area contributed by atoms with Gasteiger partial charge in [-0.3, -0.25) is 4.68 Å². The van der Waals surface area contributed by atoms with Crippen LogP contribution in [0.15, 0.2) is 48.6 Å². The third kappa shape index (κ3) is 2.48. The molecule has 1 aromatic carbocycles. The van der Waals surface area contributed by atoms with Crippen LogP contribution in [0.1, 0.15) is 17.4 Å². The van der Waals surface area contributed by atoms with Crippen molar-refractivity contribution >= 4 is 5.97 Å². The van der Waals surface area contributed by atoms with E-state index in [-0.39, 0.29) is 5.69 Å². The summed E-state index contributed by atoms with van der Waals surface area (Å²) in [6.45, 7) is 6.03. The first-order valence-electron chi connectivity index (χ1n) is 5.59. The molecule has 4 heteroatoms. The second-order valence-corrected chi connectivity index (χ2v) is 4.20. The van der Waals surface area contributed by atoms with E-state index in [0.29, 0.717) is 12.2 Å². The van der Waals surface area contributed by atoms with E-state index in [4.69, 9.17) is 5.11 Å². The highest BCUT2D eigenvalue weighted by molar-refractivity contribution is 5.87. The number of aromatic carboxylic acids is 1.